The zero-order chi connectivity index (χ0) is 7.84. The predicted octanol–water partition coefficient (Wildman–Crippen LogP) is -0.731. The van der Waals surface area contributed by atoms with Crippen molar-refractivity contribution in [2.45, 2.75) is 0 Å². The molecule has 0 aromatic rings. The van der Waals surface area contributed by atoms with Crippen LogP contribution in [0, 0.1) is 0 Å². The van der Waals surface area contributed by atoms with Gasteiger partial charge in [-0.15, -0.1) is 0 Å². The Labute approximate surface area is 68.0 Å². The molecule has 2 rings (SSSR count). The maximum absolute atomic E-state index is 2.44. The minimum atomic E-state index is 1.11. The molecule has 2 aliphatic heterocycles. The van der Waals surface area contributed by atoms with Gasteiger partial charge in [0.05, 0.1) is 33.3 Å². The third kappa shape index (κ3) is 1.54. The van der Waals surface area contributed by atoms with Crippen LogP contribution in [0.1, 0.15) is 0 Å². The van der Waals surface area contributed by atoms with Crippen LogP contribution in [0.3, 0.4) is 0 Å². The average Bonchev–Trinajstić information content (AvgIpc) is 1.82. The van der Waals surface area contributed by atoms with Crippen LogP contribution in [0.2, 0.25) is 0 Å². The second kappa shape index (κ2) is 2.71. The van der Waals surface area contributed by atoms with Gasteiger partial charge in [0.2, 0.25) is 0 Å². The van der Waals surface area contributed by atoms with Crippen LogP contribution < -0.4 is 0 Å². The van der Waals surface area contributed by atoms with Gasteiger partial charge in [0.25, 0.3) is 0 Å². The average molecular weight is 156 g/mol. The van der Waals surface area contributed by atoms with E-state index < -0.39 is 0 Å². The molecule has 0 aromatic heterocycles. The van der Waals surface area contributed by atoms with E-state index >= 15 is 0 Å². The number of fused-ring (bicyclic) bond motifs is 2. The summed E-state index contributed by atoms with van der Waals surface area (Å²) in [5.74, 6) is 0. The largest absolute Gasteiger partial charge is 0.280 e. The monoisotopic (exact) mass is 156 g/mol. The summed E-state index contributed by atoms with van der Waals surface area (Å²) in [6, 6.07) is 0. The van der Waals surface area contributed by atoms with Gasteiger partial charge in [-0.05, 0) is 14.1 Å². The molecule has 2 saturated heterocycles. The fourth-order valence-corrected chi connectivity index (χ4v) is 2.01. The zero-order valence-corrected chi connectivity index (χ0v) is 7.32. The first-order valence-electron chi connectivity index (χ1n) is 4.06. The highest BCUT2D eigenvalue weighted by atomic mass is 15.6. The number of rotatable bonds is 0. The summed E-state index contributed by atoms with van der Waals surface area (Å²) in [5, 5.41) is 0. The Kier molecular flexibility index (Phi) is 1.85. The highest BCUT2D eigenvalue weighted by Crippen LogP contribution is 2.10. The van der Waals surface area contributed by atoms with E-state index in [0.29, 0.717) is 0 Å². The molecule has 2 heterocycles. The minimum Gasteiger partial charge on any atom is -0.280 e. The molecule has 0 atom stereocenters. The first-order valence-corrected chi connectivity index (χ1v) is 4.06. The molecular weight excluding hydrogens is 140 g/mol. The molecule has 2 aliphatic rings. The fraction of sp³-hybridized carbons (Fsp3) is 1.00. The van der Waals surface area contributed by atoms with Gasteiger partial charge < -0.3 is 0 Å². The van der Waals surface area contributed by atoms with Gasteiger partial charge >= 0.3 is 0 Å². The Morgan fingerprint density at radius 1 is 0.636 bits per heavy atom. The molecule has 0 amide bonds. The Hall–Kier alpha value is -0.160. The summed E-state index contributed by atoms with van der Waals surface area (Å²) in [7, 11) is 4.34. The number of nitrogens with zero attached hydrogens (tertiary/aromatic N) is 4. The molecule has 0 unspecified atom stereocenters. The lowest BCUT2D eigenvalue weighted by atomic mass is 10.5. The molecule has 0 radical (unpaired) electrons. The highest BCUT2D eigenvalue weighted by molar-refractivity contribution is 4.71. The molecular formula is C7H16N4. The van der Waals surface area contributed by atoms with Gasteiger partial charge in [0, 0.05) is 0 Å². The Morgan fingerprint density at radius 3 is 1.36 bits per heavy atom. The molecule has 0 N–H and O–H groups in total. The predicted molar refractivity (Wildman–Crippen MR) is 43.5 cm³/mol. The lowest BCUT2D eigenvalue weighted by Crippen LogP contribution is -2.62. The summed E-state index contributed by atoms with van der Waals surface area (Å²) >= 11 is 0. The molecule has 0 aliphatic carbocycles. The van der Waals surface area contributed by atoms with Gasteiger partial charge in [-0.2, -0.15) is 0 Å². The van der Waals surface area contributed by atoms with Crippen molar-refractivity contribution in [2.75, 3.05) is 47.4 Å². The lowest BCUT2D eigenvalue weighted by Gasteiger charge is -2.47. The summed E-state index contributed by atoms with van der Waals surface area (Å²) in [5.41, 5.74) is 0. The maximum atomic E-state index is 2.44. The zero-order valence-electron chi connectivity index (χ0n) is 7.32. The van der Waals surface area contributed by atoms with Crippen molar-refractivity contribution in [1.29, 1.82) is 0 Å². The second-order valence-corrected chi connectivity index (χ2v) is 3.76. The third-order valence-corrected chi connectivity index (χ3v) is 2.17. The molecule has 0 aromatic carbocycles. The van der Waals surface area contributed by atoms with Gasteiger partial charge in [-0.1, -0.05) is 0 Å². The van der Waals surface area contributed by atoms with Crippen molar-refractivity contribution < 1.29 is 0 Å². The molecule has 4 heteroatoms. The summed E-state index contributed by atoms with van der Waals surface area (Å²) in [6.45, 7) is 5.60. The quantitative estimate of drug-likeness (QED) is 0.458. The van der Waals surface area contributed by atoms with E-state index in [1.54, 1.807) is 0 Å². The van der Waals surface area contributed by atoms with E-state index in [-0.39, 0.29) is 0 Å². The SMILES string of the molecule is CN1CN2CN(C)CN(C1)C2. The third-order valence-electron chi connectivity index (χ3n) is 2.17. The Bertz CT molecular complexity index is 116. The summed E-state index contributed by atoms with van der Waals surface area (Å²) in [4.78, 5) is 9.56. The van der Waals surface area contributed by atoms with E-state index in [4.69, 9.17) is 0 Å². The second-order valence-electron chi connectivity index (χ2n) is 3.76. The normalized spacial score (nSPS) is 40.9. The molecule has 11 heavy (non-hydrogen) atoms. The highest BCUT2D eigenvalue weighted by Gasteiger charge is 2.26. The van der Waals surface area contributed by atoms with Gasteiger partial charge in [-0.3, -0.25) is 19.6 Å². The minimum absolute atomic E-state index is 1.11. The first-order chi connectivity index (χ1) is 5.24. The standard InChI is InChI=1S/C7H16N4/c1-8-3-10-5-9(2)6-11(4-8)7-10/h3-7H2,1-2H3. The summed E-state index contributed by atoms with van der Waals surface area (Å²) in [6.07, 6.45) is 0. The number of hydrogen-bond donors (Lipinski definition) is 0. The van der Waals surface area contributed by atoms with Crippen molar-refractivity contribution in [2.24, 2.45) is 0 Å². The number of hydrogen-bond acceptors (Lipinski definition) is 4. The van der Waals surface area contributed by atoms with E-state index in [1.807, 2.05) is 0 Å². The van der Waals surface area contributed by atoms with Crippen molar-refractivity contribution in [3.63, 3.8) is 0 Å². The van der Waals surface area contributed by atoms with Crippen molar-refractivity contribution in [3.05, 3.63) is 0 Å². The summed E-state index contributed by atoms with van der Waals surface area (Å²) < 4.78 is 0. The van der Waals surface area contributed by atoms with Gasteiger partial charge in [0.1, 0.15) is 0 Å². The van der Waals surface area contributed by atoms with Crippen molar-refractivity contribution in [1.82, 2.24) is 19.6 Å². The van der Waals surface area contributed by atoms with Gasteiger partial charge in [0.15, 0.2) is 0 Å². The lowest BCUT2D eigenvalue weighted by molar-refractivity contribution is -0.105. The molecule has 2 fully saturated rings. The van der Waals surface area contributed by atoms with Crippen LogP contribution in [0.25, 0.3) is 0 Å². The topological polar surface area (TPSA) is 13.0 Å². The van der Waals surface area contributed by atoms with Gasteiger partial charge in [-0.25, -0.2) is 0 Å². The molecule has 4 nitrogen and oxygen atoms in total. The molecule has 2 bridgehead atoms. The van der Waals surface area contributed by atoms with Crippen molar-refractivity contribution >= 4 is 0 Å². The van der Waals surface area contributed by atoms with E-state index in [1.165, 1.54) is 0 Å². The van der Waals surface area contributed by atoms with Crippen LogP contribution in [-0.2, 0) is 0 Å². The smallest absolute Gasteiger partial charge is 0.0555 e. The van der Waals surface area contributed by atoms with Crippen LogP contribution >= 0.6 is 0 Å². The van der Waals surface area contributed by atoms with Crippen LogP contribution in [0.15, 0.2) is 0 Å². The molecule has 64 valence electrons. The Balaban J connectivity index is 2.00. The molecule has 0 spiro atoms. The maximum Gasteiger partial charge on any atom is 0.0555 e. The first kappa shape index (κ1) is 7.49. The van der Waals surface area contributed by atoms with Crippen molar-refractivity contribution in [3.8, 4) is 0 Å². The van der Waals surface area contributed by atoms with Crippen LogP contribution in [0.5, 0.6) is 0 Å². The molecule has 0 saturated carbocycles. The van der Waals surface area contributed by atoms with E-state index in [9.17, 15) is 0 Å². The van der Waals surface area contributed by atoms with Crippen LogP contribution in [-0.4, -0.2) is 67.0 Å². The van der Waals surface area contributed by atoms with Crippen LogP contribution in [0.4, 0.5) is 0 Å². The van der Waals surface area contributed by atoms with E-state index in [2.05, 4.69) is 33.7 Å². The Morgan fingerprint density at radius 2 is 1.00 bits per heavy atom. The van der Waals surface area contributed by atoms with E-state index in [0.717, 1.165) is 33.3 Å². The fourth-order valence-electron chi connectivity index (χ4n) is 2.01.